The molecular weight excluding hydrogens is 210 g/mol. The number of benzene rings is 2. The summed E-state index contributed by atoms with van der Waals surface area (Å²) in [6.45, 7) is 1.48. The van der Waals surface area contributed by atoms with Crippen LogP contribution in [-0.4, -0.2) is 7.05 Å². The molecule has 1 N–H and O–H groups in total. The van der Waals surface area contributed by atoms with Crippen molar-refractivity contribution in [1.29, 1.82) is 0 Å². The van der Waals surface area contributed by atoms with Crippen molar-refractivity contribution in [3.63, 3.8) is 0 Å². The lowest BCUT2D eigenvalue weighted by Gasteiger charge is -2.08. The molecule has 0 bridgehead atoms. The largest absolute Gasteiger partial charge is 0.489 e. The third-order valence-electron chi connectivity index (χ3n) is 2.53. The first-order chi connectivity index (χ1) is 8.38. The van der Waals surface area contributed by atoms with Crippen LogP contribution in [0.25, 0.3) is 0 Å². The minimum atomic E-state index is 0.615. The number of ether oxygens (including phenoxy) is 1. The summed E-state index contributed by atoms with van der Waals surface area (Å²) in [5.74, 6) is 0.918. The van der Waals surface area contributed by atoms with Gasteiger partial charge in [-0.3, -0.25) is 0 Å². The molecule has 0 saturated carbocycles. The van der Waals surface area contributed by atoms with Crippen LogP contribution in [0.3, 0.4) is 0 Å². The van der Waals surface area contributed by atoms with Crippen LogP contribution in [0, 0.1) is 0 Å². The van der Waals surface area contributed by atoms with Gasteiger partial charge in [0.2, 0.25) is 0 Å². The van der Waals surface area contributed by atoms with Crippen LogP contribution in [0.15, 0.2) is 54.6 Å². The maximum atomic E-state index is 5.75. The third-order valence-corrected chi connectivity index (χ3v) is 2.53. The topological polar surface area (TPSA) is 21.3 Å². The Labute approximate surface area is 102 Å². The normalized spacial score (nSPS) is 10.2. The van der Waals surface area contributed by atoms with Gasteiger partial charge < -0.3 is 10.1 Å². The molecule has 0 aliphatic heterocycles. The van der Waals surface area contributed by atoms with E-state index in [1.807, 2.05) is 37.4 Å². The molecule has 0 spiro atoms. The van der Waals surface area contributed by atoms with Crippen molar-refractivity contribution in [3.05, 3.63) is 65.7 Å². The van der Waals surface area contributed by atoms with E-state index < -0.39 is 0 Å². The molecule has 2 nitrogen and oxygen atoms in total. The molecule has 88 valence electrons. The molecular formula is C15H17NO. The summed E-state index contributed by atoms with van der Waals surface area (Å²) in [5.41, 5.74) is 2.42. The summed E-state index contributed by atoms with van der Waals surface area (Å²) in [4.78, 5) is 0. The summed E-state index contributed by atoms with van der Waals surface area (Å²) in [6.07, 6.45) is 0. The lowest BCUT2D eigenvalue weighted by Crippen LogP contribution is -2.05. The van der Waals surface area contributed by atoms with Crippen molar-refractivity contribution >= 4 is 0 Å². The van der Waals surface area contributed by atoms with E-state index in [1.54, 1.807) is 0 Å². The van der Waals surface area contributed by atoms with E-state index in [4.69, 9.17) is 4.74 Å². The zero-order valence-corrected chi connectivity index (χ0v) is 10.0. The Morgan fingerprint density at radius 1 is 0.941 bits per heavy atom. The fraction of sp³-hybridized carbons (Fsp3) is 0.200. The lowest BCUT2D eigenvalue weighted by atomic mass is 10.2. The number of rotatable bonds is 5. The van der Waals surface area contributed by atoms with Gasteiger partial charge in [0.25, 0.3) is 0 Å². The smallest absolute Gasteiger partial charge is 0.120 e. The van der Waals surface area contributed by atoms with Crippen molar-refractivity contribution < 1.29 is 4.74 Å². The van der Waals surface area contributed by atoms with Gasteiger partial charge in [0.15, 0.2) is 0 Å². The molecule has 17 heavy (non-hydrogen) atoms. The van der Waals surface area contributed by atoms with Crippen LogP contribution < -0.4 is 10.1 Å². The van der Waals surface area contributed by atoms with E-state index in [9.17, 15) is 0 Å². The van der Waals surface area contributed by atoms with Gasteiger partial charge in [-0.25, -0.2) is 0 Å². The lowest BCUT2D eigenvalue weighted by molar-refractivity contribution is 0.306. The Morgan fingerprint density at radius 3 is 2.47 bits per heavy atom. The number of hydrogen-bond donors (Lipinski definition) is 1. The second-order valence-corrected chi connectivity index (χ2v) is 3.95. The monoisotopic (exact) mass is 227 g/mol. The van der Waals surface area contributed by atoms with Gasteiger partial charge in [-0.2, -0.15) is 0 Å². The van der Waals surface area contributed by atoms with Crippen molar-refractivity contribution in [2.45, 2.75) is 13.2 Å². The molecule has 0 fully saturated rings. The van der Waals surface area contributed by atoms with Crippen LogP contribution in [0.1, 0.15) is 11.1 Å². The summed E-state index contributed by atoms with van der Waals surface area (Å²) < 4.78 is 5.75. The highest BCUT2D eigenvalue weighted by Gasteiger charge is 1.97. The first kappa shape index (κ1) is 11.7. The fourth-order valence-electron chi connectivity index (χ4n) is 1.69. The van der Waals surface area contributed by atoms with E-state index in [0.717, 1.165) is 12.3 Å². The second kappa shape index (κ2) is 6.06. The predicted molar refractivity (Wildman–Crippen MR) is 70.0 cm³/mol. The van der Waals surface area contributed by atoms with Crippen LogP contribution in [0.5, 0.6) is 5.75 Å². The van der Waals surface area contributed by atoms with Gasteiger partial charge >= 0.3 is 0 Å². The average molecular weight is 227 g/mol. The highest BCUT2D eigenvalue weighted by Crippen LogP contribution is 2.15. The SMILES string of the molecule is CNCc1cccc(OCc2ccccc2)c1. The molecule has 0 amide bonds. The molecule has 0 aromatic heterocycles. The predicted octanol–water partition coefficient (Wildman–Crippen LogP) is 2.99. The summed E-state index contributed by atoms with van der Waals surface area (Å²) in [6, 6.07) is 18.4. The molecule has 2 aromatic rings. The van der Waals surface area contributed by atoms with Crippen molar-refractivity contribution in [1.82, 2.24) is 5.32 Å². The van der Waals surface area contributed by atoms with E-state index in [0.29, 0.717) is 6.61 Å². The molecule has 2 aromatic carbocycles. The van der Waals surface area contributed by atoms with Gasteiger partial charge in [0.05, 0.1) is 0 Å². The molecule has 0 aliphatic rings. The Kier molecular flexibility index (Phi) is 4.17. The zero-order chi connectivity index (χ0) is 11.9. The van der Waals surface area contributed by atoms with E-state index >= 15 is 0 Å². The van der Waals surface area contributed by atoms with E-state index in [-0.39, 0.29) is 0 Å². The first-order valence-corrected chi connectivity index (χ1v) is 5.79. The van der Waals surface area contributed by atoms with Crippen LogP contribution >= 0.6 is 0 Å². The average Bonchev–Trinajstić information content (AvgIpc) is 2.39. The quantitative estimate of drug-likeness (QED) is 0.848. The molecule has 2 heteroatoms. The fourth-order valence-corrected chi connectivity index (χ4v) is 1.69. The third kappa shape index (κ3) is 3.61. The zero-order valence-electron chi connectivity index (χ0n) is 10.0. The summed E-state index contributed by atoms with van der Waals surface area (Å²) >= 11 is 0. The first-order valence-electron chi connectivity index (χ1n) is 5.79. The van der Waals surface area contributed by atoms with Gasteiger partial charge in [-0.15, -0.1) is 0 Å². The molecule has 0 aliphatic carbocycles. The van der Waals surface area contributed by atoms with Gasteiger partial charge in [-0.05, 0) is 30.3 Å². The molecule has 0 radical (unpaired) electrons. The molecule has 2 rings (SSSR count). The Hall–Kier alpha value is -1.80. The van der Waals surface area contributed by atoms with E-state index in [1.165, 1.54) is 11.1 Å². The highest BCUT2D eigenvalue weighted by molar-refractivity contribution is 5.28. The van der Waals surface area contributed by atoms with Crippen molar-refractivity contribution in [3.8, 4) is 5.75 Å². The molecule has 0 atom stereocenters. The van der Waals surface area contributed by atoms with Crippen molar-refractivity contribution in [2.75, 3.05) is 7.05 Å². The maximum absolute atomic E-state index is 5.75. The summed E-state index contributed by atoms with van der Waals surface area (Å²) in [7, 11) is 1.94. The standard InChI is InChI=1S/C15H17NO/c1-16-11-14-8-5-9-15(10-14)17-12-13-6-3-2-4-7-13/h2-10,16H,11-12H2,1H3. The van der Waals surface area contributed by atoms with Gasteiger partial charge in [0, 0.05) is 6.54 Å². The van der Waals surface area contributed by atoms with Crippen molar-refractivity contribution in [2.24, 2.45) is 0 Å². The molecule has 0 unspecified atom stereocenters. The minimum absolute atomic E-state index is 0.615. The second-order valence-electron chi connectivity index (χ2n) is 3.95. The van der Waals surface area contributed by atoms with Crippen LogP contribution in [0.4, 0.5) is 0 Å². The Morgan fingerprint density at radius 2 is 1.71 bits per heavy atom. The highest BCUT2D eigenvalue weighted by atomic mass is 16.5. The Bertz CT molecular complexity index is 453. The Balaban J connectivity index is 1.97. The van der Waals surface area contributed by atoms with Gasteiger partial charge in [0.1, 0.15) is 12.4 Å². The van der Waals surface area contributed by atoms with Gasteiger partial charge in [-0.1, -0.05) is 42.5 Å². The maximum Gasteiger partial charge on any atom is 0.120 e. The summed E-state index contributed by atoms with van der Waals surface area (Å²) in [5, 5.41) is 3.13. The number of nitrogens with one attached hydrogen (secondary N) is 1. The number of hydrogen-bond acceptors (Lipinski definition) is 2. The van der Waals surface area contributed by atoms with Crippen LogP contribution in [-0.2, 0) is 13.2 Å². The molecule has 0 saturated heterocycles. The minimum Gasteiger partial charge on any atom is -0.489 e. The van der Waals surface area contributed by atoms with E-state index in [2.05, 4.69) is 29.6 Å². The molecule has 0 heterocycles. The van der Waals surface area contributed by atoms with Crippen LogP contribution in [0.2, 0.25) is 0 Å².